The highest BCUT2D eigenvalue weighted by Gasteiger charge is 2.18. The van der Waals surface area contributed by atoms with Crippen LogP contribution < -0.4 is 0 Å². The smallest absolute Gasteiger partial charge is 0.160 e. The highest BCUT2D eigenvalue weighted by Crippen LogP contribution is 2.20. The first kappa shape index (κ1) is 38.3. The fourth-order valence-corrected chi connectivity index (χ4v) is 5.46. The van der Waals surface area contributed by atoms with Gasteiger partial charge in [0.25, 0.3) is 0 Å². The number of alkyl halides is 2. The Labute approximate surface area is 260 Å². The van der Waals surface area contributed by atoms with Gasteiger partial charge in [-0.2, -0.15) is 0 Å². The molecule has 0 aromatic heterocycles. The first-order valence-electron chi connectivity index (χ1n) is 16.2. The van der Waals surface area contributed by atoms with Crippen LogP contribution in [0.1, 0.15) is 169 Å². The molecule has 5 heteroatoms. The van der Waals surface area contributed by atoms with Crippen molar-refractivity contribution in [3.8, 4) is 0 Å². The van der Waals surface area contributed by atoms with Gasteiger partial charge in [-0.05, 0) is 51.4 Å². The van der Waals surface area contributed by atoms with E-state index in [-0.39, 0.29) is 12.6 Å². The minimum atomic E-state index is -0.125. The van der Waals surface area contributed by atoms with Crippen molar-refractivity contribution in [2.75, 3.05) is 13.2 Å². The van der Waals surface area contributed by atoms with Crippen molar-refractivity contribution in [1.29, 1.82) is 0 Å². The molecule has 0 bridgehead atoms. The standard InChI is InChI=1S/C32H64I2O3/c1-5-7-9-11-13-15-17-19-27-35-31(25-21-23-29(3)33)37-32(26-22-24-30(4)34)36-28-20-18-16-14-12-10-8-6-2/h29-32H,5-28H2,1-4H3. The Balaban J connectivity index is 4.46. The Bertz CT molecular complexity index is 396. The van der Waals surface area contributed by atoms with Crippen molar-refractivity contribution >= 4 is 45.2 Å². The summed E-state index contributed by atoms with van der Waals surface area (Å²) in [6.07, 6.45) is 27.7. The van der Waals surface area contributed by atoms with Gasteiger partial charge < -0.3 is 14.2 Å². The first-order valence-corrected chi connectivity index (χ1v) is 18.6. The second-order valence-corrected chi connectivity index (χ2v) is 15.4. The average Bonchev–Trinajstić information content (AvgIpc) is 2.85. The maximum absolute atomic E-state index is 6.51. The third kappa shape index (κ3) is 30.1. The summed E-state index contributed by atoms with van der Waals surface area (Å²) in [5.74, 6) is 0. The van der Waals surface area contributed by atoms with Gasteiger partial charge in [-0.15, -0.1) is 0 Å². The van der Waals surface area contributed by atoms with E-state index in [2.05, 4.69) is 72.9 Å². The summed E-state index contributed by atoms with van der Waals surface area (Å²) in [6.45, 7) is 10.8. The van der Waals surface area contributed by atoms with E-state index in [1.165, 1.54) is 103 Å². The van der Waals surface area contributed by atoms with E-state index in [4.69, 9.17) is 14.2 Å². The summed E-state index contributed by atoms with van der Waals surface area (Å²) < 4.78 is 20.5. The Kier molecular flexibility index (Phi) is 31.4. The molecule has 0 aromatic carbocycles. The topological polar surface area (TPSA) is 27.7 Å². The first-order chi connectivity index (χ1) is 18.0. The van der Waals surface area contributed by atoms with Crippen LogP contribution in [0, 0.1) is 0 Å². The van der Waals surface area contributed by atoms with Crippen LogP contribution in [0.5, 0.6) is 0 Å². The third-order valence-electron chi connectivity index (χ3n) is 6.99. The molecule has 0 saturated heterocycles. The fraction of sp³-hybridized carbons (Fsp3) is 1.00. The molecule has 0 aromatic rings. The van der Waals surface area contributed by atoms with E-state index in [0.29, 0.717) is 7.85 Å². The van der Waals surface area contributed by atoms with Crippen LogP contribution in [0.15, 0.2) is 0 Å². The SMILES string of the molecule is CCCCCCCCCCOC(CCCC(C)I)OC(CCCC(C)I)OCCCCCCCCCC. The van der Waals surface area contributed by atoms with E-state index < -0.39 is 0 Å². The summed E-state index contributed by atoms with van der Waals surface area (Å²) in [4.78, 5) is 0. The highest BCUT2D eigenvalue weighted by molar-refractivity contribution is 14.1. The normalized spacial score (nSPS) is 15.1. The molecule has 0 radical (unpaired) electrons. The van der Waals surface area contributed by atoms with Gasteiger partial charge in [0.2, 0.25) is 0 Å². The molecular formula is C32H64I2O3. The number of unbranched alkanes of at least 4 members (excludes halogenated alkanes) is 14. The molecular weight excluding hydrogens is 686 g/mol. The van der Waals surface area contributed by atoms with E-state index in [1.54, 1.807) is 0 Å². The molecule has 0 rings (SSSR count). The molecule has 4 unspecified atom stereocenters. The van der Waals surface area contributed by atoms with Gasteiger partial charge >= 0.3 is 0 Å². The summed E-state index contributed by atoms with van der Waals surface area (Å²) in [6, 6.07) is 0. The van der Waals surface area contributed by atoms with Crippen molar-refractivity contribution < 1.29 is 14.2 Å². The Morgan fingerprint density at radius 2 is 0.757 bits per heavy atom. The summed E-state index contributed by atoms with van der Waals surface area (Å²) in [5.41, 5.74) is 0. The van der Waals surface area contributed by atoms with Gasteiger partial charge in [0.15, 0.2) is 12.6 Å². The minimum absolute atomic E-state index is 0.125. The van der Waals surface area contributed by atoms with Gasteiger partial charge in [0.05, 0.1) is 0 Å². The molecule has 0 spiro atoms. The molecule has 0 aliphatic rings. The Morgan fingerprint density at radius 1 is 0.432 bits per heavy atom. The summed E-state index contributed by atoms with van der Waals surface area (Å²) >= 11 is 5.05. The zero-order valence-electron chi connectivity index (χ0n) is 25.3. The van der Waals surface area contributed by atoms with E-state index in [0.717, 1.165) is 51.7 Å². The van der Waals surface area contributed by atoms with Crippen LogP contribution in [-0.4, -0.2) is 33.6 Å². The number of ether oxygens (including phenoxy) is 3. The van der Waals surface area contributed by atoms with Crippen LogP contribution in [0.25, 0.3) is 0 Å². The van der Waals surface area contributed by atoms with Crippen molar-refractivity contribution in [2.24, 2.45) is 0 Å². The molecule has 0 aliphatic heterocycles. The molecule has 224 valence electrons. The molecule has 0 aliphatic carbocycles. The van der Waals surface area contributed by atoms with Crippen LogP contribution in [0.3, 0.4) is 0 Å². The lowest BCUT2D eigenvalue weighted by Crippen LogP contribution is -2.28. The quantitative estimate of drug-likeness (QED) is 0.0317. The van der Waals surface area contributed by atoms with Crippen molar-refractivity contribution in [3.63, 3.8) is 0 Å². The second kappa shape index (κ2) is 30.3. The van der Waals surface area contributed by atoms with Gasteiger partial charge in [-0.25, -0.2) is 0 Å². The predicted molar refractivity (Wildman–Crippen MR) is 180 cm³/mol. The van der Waals surface area contributed by atoms with Gasteiger partial charge in [-0.3, -0.25) is 0 Å². The summed E-state index contributed by atoms with van der Waals surface area (Å²) in [5, 5.41) is 0. The van der Waals surface area contributed by atoms with Crippen LogP contribution in [-0.2, 0) is 14.2 Å². The van der Waals surface area contributed by atoms with E-state index >= 15 is 0 Å². The molecule has 37 heavy (non-hydrogen) atoms. The number of rotatable bonds is 30. The van der Waals surface area contributed by atoms with Crippen molar-refractivity contribution in [2.45, 2.75) is 189 Å². The largest absolute Gasteiger partial charge is 0.353 e. The van der Waals surface area contributed by atoms with Crippen molar-refractivity contribution in [3.05, 3.63) is 0 Å². The monoisotopic (exact) mass is 750 g/mol. The van der Waals surface area contributed by atoms with Crippen LogP contribution >= 0.6 is 45.2 Å². The lowest BCUT2D eigenvalue weighted by molar-refractivity contribution is -0.250. The number of hydrogen-bond acceptors (Lipinski definition) is 3. The summed E-state index contributed by atoms with van der Waals surface area (Å²) in [7, 11) is 0. The second-order valence-electron chi connectivity index (χ2n) is 11.1. The molecule has 4 atom stereocenters. The minimum Gasteiger partial charge on any atom is -0.353 e. The van der Waals surface area contributed by atoms with Crippen molar-refractivity contribution in [1.82, 2.24) is 0 Å². The van der Waals surface area contributed by atoms with Gasteiger partial charge in [0, 0.05) is 21.1 Å². The lowest BCUT2D eigenvalue weighted by Gasteiger charge is -2.26. The zero-order valence-corrected chi connectivity index (χ0v) is 29.6. The average molecular weight is 751 g/mol. The molecule has 3 nitrogen and oxygen atoms in total. The Morgan fingerprint density at radius 3 is 1.08 bits per heavy atom. The molecule has 0 N–H and O–H groups in total. The van der Waals surface area contributed by atoms with Crippen LogP contribution in [0.2, 0.25) is 0 Å². The molecule has 0 fully saturated rings. The van der Waals surface area contributed by atoms with Gasteiger partial charge in [0.1, 0.15) is 0 Å². The van der Waals surface area contributed by atoms with Crippen LogP contribution in [0.4, 0.5) is 0 Å². The maximum atomic E-state index is 6.51. The van der Waals surface area contributed by atoms with Gasteiger partial charge in [-0.1, -0.05) is 163 Å². The Hall–Kier alpha value is 1.34. The fourth-order valence-electron chi connectivity index (χ4n) is 4.58. The number of hydrogen-bond donors (Lipinski definition) is 0. The maximum Gasteiger partial charge on any atom is 0.160 e. The third-order valence-corrected chi connectivity index (χ3v) is 8.24. The molecule has 0 amide bonds. The predicted octanol–water partition coefficient (Wildman–Crippen LogP) is 12.0. The zero-order chi connectivity index (χ0) is 27.4. The lowest BCUT2D eigenvalue weighted by atomic mass is 10.1. The van der Waals surface area contributed by atoms with E-state index in [9.17, 15) is 0 Å². The highest BCUT2D eigenvalue weighted by atomic mass is 127. The van der Waals surface area contributed by atoms with E-state index in [1.807, 2.05) is 0 Å². The number of halogens is 2. The molecule has 0 heterocycles. The molecule has 0 saturated carbocycles.